The van der Waals surface area contributed by atoms with Crippen LogP contribution in [0.4, 0.5) is 5.69 Å². The molecule has 40 heavy (non-hydrogen) atoms. The van der Waals surface area contributed by atoms with Gasteiger partial charge in [0.15, 0.2) is 0 Å². The summed E-state index contributed by atoms with van der Waals surface area (Å²) in [5, 5.41) is 12.9. The highest BCUT2D eigenvalue weighted by atomic mass is 32.2. The maximum absolute atomic E-state index is 13.3. The summed E-state index contributed by atoms with van der Waals surface area (Å²) in [4.78, 5) is 43.4. The Morgan fingerprint density at radius 1 is 0.975 bits per heavy atom. The highest BCUT2D eigenvalue weighted by Gasteiger charge is 2.24. The van der Waals surface area contributed by atoms with Crippen molar-refractivity contribution in [3.63, 3.8) is 0 Å². The third kappa shape index (κ3) is 7.84. The molecule has 0 saturated heterocycles. The molecule has 0 spiro atoms. The van der Waals surface area contributed by atoms with Crippen LogP contribution >= 0.6 is 0 Å². The van der Waals surface area contributed by atoms with Gasteiger partial charge in [0.05, 0.1) is 11.8 Å². The molecule has 0 unspecified atom stereocenters. The molecule has 0 fully saturated rings. The predicted octanol–water partition coefficient (Wildman–Crippen LogP) is 3.41. The van der Waals surface area contributed by atoms with Crippen molar-refractivity contribution < 1.29 is 27.0 Å². The van der Waals surface area contributed by atoms with Crippen LogP contribution in [0.25, 0.3) is 11.1 Å². The van der Waals surface area contributed by atoms with E-state index < -0.39 is 27.9 Å². The lowest BCUT2D eigenvalue weighted by Gasteiger charge is -2.15. The second kappa shape index (κ2) is 12.3. The Kier molecular flexibility index (Phi) is 9.17. The molecule has 2 aromatic carbocycles. The molecule has 0 aliphatic carbocycles. The summed E-state index contributed by atoms with van der Waals surface area (Å²) in [6, 6.07) is 13.6. The zero-order valence-corrected chi connectivity index (χ0v) is 23.2. The molecular weight excluding hydrogens is 534 g/mol. The average molecular weight is 564 g/mol. The topological polar surface area (TPSA) is 181 Å². The third-order valence-corrected chi connectivity index (χ3v) is 5.95. The van der Waals surface area contributed by atoms with Gasteiger partial charge in [0.1, 0.15) is 11.5 Å². The van der Waals surface area contributed by atoms with Crippen molar-refractivity contribution in [2.45, 2.75) is 20.8 Å². The number of rotatable bonds is 9. The fraction of sp³-hybridized carbons (Fsp3) is 0.179. The largest absolute Gasteiger partial charge is 0.384 e. The third-order valence-electron chi connectivity index (χ3n) is 5.50. The number of nitrogens with two attached hydrogens (primary N) is 1. The number of pyridine rings is 1. The van der Waals surface area contributed by atoms with E-state index >= 15 is 0 Å². The number of carbonyl (C=O) groups is 3. The lowest BCUT2D eigenvalue weighted by atomic mass is 9.95. The van der Waals surface area contributed by atoms with E-state index in [1.54, 1.807) is 43.3 Å². The molecule has 0 atom stereocenters. The normalized spacial score (nSPS) is 10.8. The lowest BCUT2D eigenvalue weighted by molar-refractivity contribution is 0.0748. The van der Waals surface area contributed by atoms with Gasteiger partial charge in [-0.3, -0.25) is 15.0 Å². The van der Waals surface area contributed by atoms with E-state index in [4.69, 9.17) is 11.1 Å². The van der Waals surface area contributed by atoms with E-state index in [-0.39, 0.29) is 40.3 Å². The maximum atomic E-state index is 13.3. The van der Waals surface area contributed by atoms with Crippen molar-refractivity contribution >= 4 is 39.4 Å². The number of anilines is 1. The van der Waals surface area contributed by atoms with E-state index in [0.29, 0.717) is 16.9 Å². The standard InChI is InChI=1S/C28H29N5O6S/c1-16(2)13-14-31-26(34)19-8-12-21(23(15-19)28(36)39-40(4,37)38)22-11-5-17(3)32-24(22)27(35)33-20-9-6-18(7-10-20)25(29)30/h5-13,15H,14H2,1-4H3,(H3,29,30)(H,31,34)(H,33,35). The zero-order valence-electron chi connectivity index (χ0n) is 22.4. The van der Waals surface area contributed by atoms with Crippen LogP contribution in [0.2, 0.25) is 0 Å². The Balaban J connectivity index is 2.07. The number of nitrogens with zero attached hydrogens (tertiary/aromatic N) is 1. The predicted molar refractivity (Wildman–Crippen MR) is 152 cm³/mol. The number of benzene rings is 2. The van der Waals surface area contributed by atoms with Gasteiger partial charge in [-0.1, -0.05) is 23.8 Å². The van der Waals surface area contributed by atoms with Gasteiger partial charge in [-0.15, -0.1) is 0 Å². The van der Waals surface area contributed by atoms with Gasteiger partial charge in [-0.05, 0) is 68.8 Å². The Hall–Kier alpha value is -4.84. The van der Waals surface area contributed by atoms with Gasteiger partial charge in [-0.25, -0.2) is 9.78 Å². The summed E-state index contributed by atoms with van der Waals surface area (Å²) in [6.07, 6.45) is 2.53. The zero-order chi connectivity index (χ0) is 29.6. The van der Waals surface area contributed by atoms with E-state index in [9.17, 15) is 22.8 Å². The van der Waals surface area contributed by atoms with Crippen molar-refractivity contribution in [2.24, 2.45) is 5.73 Å². The van der Waals surface area contributed by atoms with Gasteiger partial charge in [0.2, 0.25) is 0 Å². The minimum Gasteiger partial charge on any atom is -0.384 e. The van der Waals surface area contributed by atoms with Gasteiger partial charge in [0, 0.05) is 34.6 Å². The van der Waals surface area contributed by atoms with E-state index in [2.05, 4.69) is 19.8 Å². The molecule has 0 aliphatic heterocycles. The van der Waals surface area contributed by atoms with Crippen LogP contribution < -0.4 is 16.4 Å². The summed E-state index contributed by atoms with van der Waals surface area (Å²) in [5.41, 5.74) is 8.02. The number of hydrogen-bond acceptors (Lipinski definition) is 8. The number of amides is 2. The number of nitrogens with one attached hydrogen (secondary N) is 3. The van der Waals surface area contributed by atoms with Crippen LogP contribution in [0.5, 0.6) is 0 Å². The number of nitrogen functional groups attached to an aromatic ring is 1. The Morgan fingerprint density at radius 2 is 1.60 bits per heavy atom. The molecule has 1 aromatic heterocycles. The minimum absolute atomic E-state index is 0.0511. The van der Waals surface area contributed by atoms with Crippen LogP contribution in [-0.2, 0) is 14.3 Å². The molecule has 208 valence electrons. The van der Waals surface area contributed by atoms with E-state index in [0.717, 1.165) is 11.8 Å². The SMILES string of the molecule is CC(C)=CCNC(=O)c1ccc(-c2ccc(C)nc2C(=O)Nc2ccc(C(=N)N)cc2)c(C(=O)OS(C)(=O)=O)c1. The number of aryl methyl sites for hydroxylation is 1. The number of carbonyl (C=O) groups excluding carboxylic acids is 3. The summed E-state index contributed by atoms with van der Waals surface area (Å²) in [6.45, 7) is 5.70. The van der Waals surface area contributed by atoms with Crippen molar-refractivity contribution in [1.29, 1.82) is 5.41 Å². The molecule has 2 amide bonds. The first-order valence-corrected chi connectivity index (χ1v) is 13.8. The number of amidine groups is 1. The van der Waals surface area contributed by atoms with Gasteiger partial charge < -0.3 is 20.6 Å². The van der Waals surface area contributed by atoms with Gasteiger partial charge >= 0.3 is 16.1 Å². The minimum atomic E-state index is -4.19. The second-order valence-corrected chi connectivity index (χ2v) is 10.7. The highest BCUT2D eigenvalue weighted by Crippen LogP contribution is 2.29. The van der Waals surface area contributed by atoms with E-state index in [1.807, 2.05) is 19.9 Å². The molecule has 1 heterocycles. The Morgan fingerprint density at radius 3 is 2.20 bits per heavy atom. The quantitative estimate of drug-likeness (QED) is 0.132. The van der Waals surface area contributed by atoms with Crippen LogP contribution in [0, 0.1) is 12.3 Å². The maximum Gasteiger partial charge on any atom is 0.354 e. The molecule has 3 aromatic rings. The molecule has 11 nitrogen and oxygen atoms in total. The fourth-order valence-corrected chi connectivity index (χ4v) is 3.96. The first kappa shape index (κ1) is 29.7. The summed E-state index contributed by atoms with van der Waals surface area (Å²) in [7, 11) is -4.19. The average Bonchev–Trinajstić information content (AvgIpc) is 2.87. The first-order valence-electron chi connectivity index (χ1n) is 12.0. The fourth-order valence-electron chi connectivity index (χ4n) is 3.59. The Labute approximate surface area is 232 Å². The summed E-state index contributed by atoms with van der Waals surface area (Å²) in [5.74, 6) is -2.45. The molecule has 0 saturated carbocycles. The molecule has 3 rings (SSSR count). The Bertz CT molecular complexity index is 1630. The summed E-state index contributed by atoms with van der Waals surface area (Å²) >= 11 is 0. The molecule has 5 N–H and O–H groups in total. The molecule has 0 aliphatic rings. The van der Waals surface area contributed by atoms with Crippen LogP contribution in [-0.4, -0.2) is 49.8 Å². The molecule has 0 bridgehead atoms. The highest BCUT2D eigenvalue weighted by molar-refractivity contribution is 7.86. The van der Waals surface area contributed by atoms with Gasteiger partial charge in [0.25, 0.3) is 11.8 Å². The number of allylic oxidation sites excluding steroid dienone is 1. The summed E-state index contributed by atoms with van der Waals surface area (Å²) < 4.78 is 28.1. The van der Waals surface area contributed by atoms with Crippen molar-refractivity contribution in [3.05, 3.63) is 94.3 Å². The molecule has 12 heteroatoms. The van der Waals surface area contributed by atoms with Gasteiger partial charge in [-0.2, -0.15) is 8.42 Å². The van der Waals surface area contributed by atoms with Crippen LogP contribution in [0.1, 0.15) is 56.3 Å². The van der Waals surface area contributed by atoms with E-state index in [1.165, 1.54) is 18.2 Å². The second-order valence-electron chi connectivity index (χ2n) is 9.12. The molecule has 0 radical (unpaired) electrons. The molecular formula is C28H29N5O6S. The monoisotopic (exact) mass is 563 g/mol. The van der Waals surface area contributed by atoms with Crippen molar-refractivity contribution in [1.82, 2.24) is 10.3 Å². The van der Waals surface area contributed by atoms with Crippen LogP contribution in [0.3, 0.4) is 0 Å². The van der Waals surface area contributed by atoms with Crippen LogP contribution in [0.15, 0.2) is 66.2 Å². The first-order chi connectivity index (χ1) is 18.7. The van der Waals surface area contributed by atoms with Crippen molar-refractivity contribution in [3.8, 4) is 11.1 Å². The number of hydrogen-bond donors (Lipinski definition) is 4. The lowest BCUT2D eigenvalue weighted by Crippen LogP contribution is -2.24. The smallest absolute Gasteiger partial charge is 0.354 e. The van der Waals surface area contributed by atoms with Crippen molar-refractivity contribution in [2.75, 3.05) is 18.1 Å². The number of aromatic nitrogens is 1.